The molecular weight excluding hydrogens is 506 g/mol. The summed E-state index contributed by atoms with van der Waals surface area (Å²) < 4.78 is 28.2. The minimum absolute atomic E-state index is 0.149. The summed E-state index contributed by atoms with van der Waals surface area (Å²) in [5.74, 6) is 0. The Labute approximate surface area is 194 Å². The summed E-state index contributed by atoms with van der Waals surface area (Å²) in [5, 5.41) is 3.25. The second-order valence-electron chi connectivity index (χ2n) is 7.25. The maximum atomic E-state index is 13.0. The molecule has 2 aromatic carbocycles. The first-order chi connectivity index (χ1) is 14.3. The van der Waals surface area contributed by atoms with Crippen LogP contribution in [-0.2, 0) is 16.4 Å². The predicted molar refractivity (Wildman–Crippen MR) is 126 cm³/mol. The first-order valence-electron chi connectivity index (χ1n) is 9.53. The summed E-state index contributed by atoms with van der Waals surface area (Å²) in [6.07, 6.45) is 0.799. The van der Waals surface area contributed by atoms with Gasteiger partial charge in [0, 0.05) is 42.5 Å². The first-order valence-corrected chi connectivity index (χ1v) is 13.0. The fourth-order valence-corrected chi connectivity index (χ4v) is 6.69. The van der Waals surface area contributed by atoms with Gasteiger partial charge in [-0.1, -0.05) is 57.4 Å². The molecule has 0 radical (unpaired) electrons. The minimum atomic E-state index is -3.62. The highest BCUT2D eigenvalue weighted by molar-refractivity contribution is 9.10. The van der Waals surface area contributed by atoms with Crippen molar-refractivity contribution in [3.63, 3.8) is 0 Å². The van der Waals surface area contributed by atoms with Crippen LogP contribution in [0.4, 0.5) is 5.13 Å². The molecule has 0 saturated carbocycles. The lowest BCUT2D eigenvalue weighted by atomic mass is 10.1. The number of hydrogen-bond donors (Lipinski definition) is 0. The summed E-state index contributed by atoms with van der Waals surface area (Å²) in [5.41, 5.74) is 3.52. The van der Waals surface area contributed by atoms with Crippen molar-refractivity contribution in [2.75, 3.05) is 31.1 Å². The Kier molecular flexibility index (Phi) is 6.50. The van der Waals surface area contributed by atoms with Gasteiger partial charge >= 0.3 is 0 Å². The average Bonchev–Trinajstić information content (AvgIpc) is 3.18. The van der Waals surface area contributed by atoms with Crippen LogP contribution in [0.15, 0.2) is 57.2 Å². The van der Waals surface area contributed by atoms with E-state index in [1.807, 2.05) is 0 Å². The lowest BCUT2D eigenvalue weighted by molar-refractivity contribution is 0.384. The van der Waals surface area contributed by atoms with Crippen LogP contribution in [0.5, 0.6) is 0 Å². The van der Waals surface area contributed by atoms with E-state index < -0.39 is 10.0 Å². The normalized spacial score (nSPS) is 15.5. The van der Waals surface area contributed by atoms with E-state index in [9.17, 15) is 8.42 Å². The summed E-state index contributed by atoms with van der Waals surface area (Å²) in [6, 6.07) is 13.3. The summed E-state index contributed by atoms with van der Waals surface area (Å²) >= 11 is 11.1. The number of hydrogen-bond acceptors (Lipinski definition) is 5. The number of sulfonamides is 1. The van der Waals surface area contributed by atoms with Gasteiger partial charge in [0.1, 0.15) is 4.90 Å². The van der Waals surface area contributed by atoms with E-state index in [0.717, 1.165) is 21.7 Å². The number of halogens is 2. The van der Waals surface area contributed by atoms with Crippen molar-refractivity contribution in [3.8, 4) is 0 Å². The molecule has 0 bridgehead atoms. The molecule has 0 atom stereocenters. The number of anilines is 1. The molecule has 3 aromatic rings. The van der Waals surface area contributed by atoms with Crippen molar-refractivity contribution in [3.05, 3.63) is 74.2 Å². The number of thiazole rings is 1. The molecule has 0 N–H and O–H groups in total. The zero-order chi connectivity index (χ0) is 21.3. The molecule has 9 heteroatoms. The van der Waals surface area contributed by atoms with Crippen molar-refractivity contribution in [2.45, 2.75) is 18.2 Å². The third kappa shape index (κ3) is 4.73. The molecule has 0 aliphatic carbocycles. The molecule has 1 aliphatic heterocycles. The average molecular weight is 527 g/mol. The molecule has 0 unspecified atom stereocenters. The molecule has 0 amide bonds. The second kappa shape index (κ2) is 8.96. The number of nitrogens with zero attached hydrogens (tertiary/aromatic N) is 3. The van der Waals surface area contributed by atoms with Crippen LogP contribution in [0.2, 0.25) is 5.02 Å². The first kappa shape index (κ1) is 21.8. The molecule has 1 aromatic heterocycles. The molecule has 5 nitrogen and oxygen atoms in total. The number of benzene rings is 2. The van der Waals surface area contributed by atoms with Gasteiger partial charge < -0.3 is 4.90 Å². The zero-order valence-electron chi connectivity index (χ0n) is 16.4. The van der Waals surface area contributed by atoms with Crippen LogP contribution in [0.1, 0.15) is 16.8 Å². The fourth-order valence-electron chi connectivity index (χ4n) is 3.38. The maximum absolute atomic E-state index is 13.0. The van der Waals surface area contributed by atoms with Crippen molar-refractivity contribution >= 4 is 54.0 Å². The van der Waals surface area contributed by atoms with Gasteiger partial charge in [0.05, 0.1) is 10.7 Å². The predicted octanol–water partition coefficient (Wildman–Crippen LogP) is 4.97. The van der Waals surface area contributed by atoms with Crippen LogP contribution < -0.4 is 4.90 Å². The van der Waals surface area contributed by atoms with E-state index in [4.69, 9.17) is 16.6 Å². The van der Waals surface area contributed by atoms with Crippen molar-refractivity contribution in [1.82, 2.24) is 9.29 Å². The van der Waals surface area contributed by atoms with E-state index in [1.165, 1.54) is 15.4 Å². The summed E-state index contributed by atoms with van der Waals surface area (Å²) in [4.78, 5) is 7.07. The standard InChI is InChI=1S/C21H21BrClN3O2S2/c1-15-2-4-16(5-3-15)12-18-14-29-21(24-18)25-8-10-26(11-9-25)30(27,28)20-7-6-17(22)13-19(20)23/h2-7,13-14H,8-12H2,1H3. The topological polar surface area (TPSA) is 53.5 Å². The molecule has 4 rings (SSSR count). The lowest BCUT2D eigenvalue weighted by Gasteiger charge is -2.34. The fraction of sp³-hybridized carbons (Fsp3) is 0.286. The van der Waals surface area contributed by atoms with E-state index >= 15 is 0 Å². The SMILES string of the molecule is Cc1ccc(Cc2csc(N3CCN(S(=O)(=O)c4ccc(Br)cc4Cl)CC3)n2)cc1. The maximum Gasteiger partial charge on any atom is 0.244 e. The third-order valence-electron chi connectivity index (χ3n) is 5.07. The number of aromatic nitrogens is 1. The quantitative estimate of drug-likeness (QED) is 0.471. The zero-order valence-corrected chi connectivity index (χ0v) is 20.4. The van der Waals surface area contributed by atoms with Gasteiger partial charge in [-0.2, -0.15) is 4.31 Å². The van der Waals surface area contributed by atoms with Crippen molar-refractivity contribution in [1.29, 1.82) is 0 Å². The summed E-state index contributed by atoms with van der Waals surface area (Å²) in [6.45, 7) is 4.09. The van der Waals surface area contributed by atoms with Crippen LogP contribution >= 0.6 is 38.9 Å². The number of rotatable bonds is 5. The van der Waals surface area contributed by atoms with E-state index in [1.54, 1.807) is 29.5 Å². The number of aryl methyl sites for hydroxylation is 1. The molecule has 1 fully saturated rings. The summed E-state index contributed by atoms with van der Waals surface area (Å²) in [7, 11) is -3.62. The smallest absolute Gasteiger partial charge is 0.244 e. The molecule has 1 saturated heterocycles. The third-order valence-corrected chi connectivity index (χ3v) is 8.89. The molecular formula is C21H21BrClN3O2S2. The van der Waals surface area contributed by atoms with E-state index in [2.05, 4.69) is 57.4 Å². The molecule has 158 valence electrons. The van der Waals surface area contributed by atoms with Gasteiger partial charge in [-0.3, -0.25) is 0 Å². The minimum Gasteiger partial charge on any atom is -0.345 e. The molecule has 0 spiro atoms. The van der Waals surface area contributed by atoms with Gasteiger partial charge in [0.15, 0.2) is 5.13 Å². The molecule has 30 heavy (non-hydrogen) atoms. The molecule has 2 heterocycles. The van der Waals surface area contributed by atoms with Crippen LogP contribution in [0.3, 0.4) is 0 Å². The lowest BCUT2D eigenvalue weighted by Crippen LogP contribution is -2.48. The van der Waals surface area contributed by atoms with E-state index in [0.29, 0.717) is 26.2 Å². The van der Waals surface area contributed by atoms with Crippen LogP contribution in [0.25, 0.3) is 0 Å². The van der Waals surface area contributed by atoms with Gasteiger partial charge in [0.25, 0.3) is 0 Å². The van der Waals surface area contributed by atoms with Gasteiger partial charge in [-0.25, -0.2) is 13.4 Å². The highest BCUT2D eigenvalue weighted by atomic mass is 79.9. The van der Waals surface area contributed by atoms with Crippen LogP contribution in [-0.4, -0.2) is 43.9 Å². The highest BCUT2D eigenvalue weighted by Gasteiger charge is 2.30. The Morgan fingerprint density at radius 2 is 1.80 bits per heavy atom. The Balaban J connectivity index is 1.41. The molecule has 1 aliphatic rings. The van der Waals surface area contributed by atoms with Gasteiger partial charge in [-0.05, 0) is 30.7 Å². The Morgan fingerprint density at radius 3 is 2.47 bits per heavy atom. The monoisotopic (exact) mass is 525 g/mol. The van der Waals surface area contributed by atoms with Crippen LogP contribution in [0, 0.1) is 6.92 Å². The van der Waals surface area contributed by atoms with Gasteiger partial charge in [-0.15, -0.1) is 11.3 Å². The Morgan fingerprint density at radius 1 is 1.10 bits per heavy atom. The second-order valence-corrected chi connectivity index (χ2v) is 11.3. The van der Waals surface area contributed by atoms with Gasteiger partial charge in [0.2, 0.25) is 10.0 Å². The Bertz CT molecular complexity index is 1140. The van der Waals surface area contributed by atoms with E-state index in [-0.39, 0.29) is 9.92 Å². The largest absolute Gasteiger partial charge is 0.345 e. The number of piperazine rings is 1. The highest BCUT2D eigenvalue weighted by Crippen LogP contribution is 2.29. The van der Waals surface area contributed by atoms with Crippen molar-refractivity contribution < 1.29 is 8.42 Å². The Hall–Kier alpha value is -1.45. The van der Waals surface area contributed by atoms with Crippen molar-refractivity contribution in [2.24, 2.45) is 0 Å².